The molecule has 1 fully saturated rings. The molecule has 15 heavy (non-hydrogen) atoms. The number of halogens is 1. The van der Waals surface area contributed by atoms with Crippen molar-refractivity contribution in [1.82, 2.24) is 0 Å². The zero-order valence-electron chi connectivity index (χ0n) is 8.41. The molecule has 0 atom stereocenters. The third kappa shape index (κ3) is 2.09. The van der Waals surface area contributed by atoms with Crippen LogP contribution in [0.5, 0.6) is 0 Å². The van der Waals surface area contributed by atoms with Crippen molar-refractivity contribution in [2.75, 3.05) is 6.54 Å². The minimum Gasteiger partial charge on any atom is -0.370 e. The Morgan fingerprint density at radius 1 is 1.27 bits per heavy atom. The fraction of sp³-hybridized carbons (Fsp3) is 0.364. The zero-order chi connectivity index (χ0) is 10.9. The average Bonchev–Trinajstić information content (AvgIpc) is 2.97. The Labute approximate surface area is 88.0 Å². The van der Waals surface area contributed by atoms with Gasteiger partial charge in [0.1, 0.15) is 5.82 Å². The fourth-order valence-electron chi connectivity index (χ4n) is 1.74. The summed E-state index contributed by atoms with van der Waals surface area (Å²) in [5, 5.41) is 0. The van der Waals surface area contributed by atoms with Crippen LogP contribution in [0.15, 0.2) is 29.3 Å². The Balaban J connectivity index is 2.16. The Hall–Kier alpha value is -1.58. The van der Waals surface area contributed by atoms with Gasteiger partial charge in [0.15, 0.2) is 5.96 Å². The zero-order valence-corrected chi connectivity index (χ0v) is 8.41. The summed E-state index contributed by atoms with van der Waals surface area (Å²) in [4.78, 5) is 4.04. The lowest BCUT2D eigenvalue weighted by atomic mass is 9.96. The summed E-state index contributed by atoms with van der Waals surface area (Å²) < 4.78 is 12.7. The number of benzene rings is 1. The molecular weight excluding hydrogens is 193 g/mol. The number of nitrogens with two attached hydrogens (primary N) is 2. The largest absolute Gasteiger partial charge is 0.370 e. The highest BCUT2D eigenvalue weighted by Crippen LogP contribution is 2.48. The molecule has 0 aromatic heterocycles. The number of rotatable bonds is 3. The van der Waals surface area contributed by atoms with E-state index in [9.17, 15) is 4.39 Å². The van der Waals surface area contributed by atoms with E-state index in [1.165, 1.54) is 12.1 Å². The molecule has 80 valence electrons. The van der Waals surface area contributed by atoms with Crippen LogP contribution >= 0.6 is 0 Å². The standard InChI is InChI=1S/C11H14FN3/c12-9-3-1-8(2-4-9)11(5-6-11)7-15-10(13)14/h1-4H,5-7H2,(H4,13,14,15). The lowest BCUT2D eigenvalue weighted by molar-refractivity contribution is 0.623. The molecule has 0 bridgehead atoms. The third-order valence-corrected chi connectivity index (χ3v) is 2.87. The second kappa shape index (κ2) is 3.53. The Kier molecular flexibility index (Phi) is 2.34. The average molecular weight is 207 g/mol. The van der Waals surface area contributed by atoms with E-state index in [4.69, 9.17) is 11.5 Å². The van der Waals surface area contributed by atoms with E-state index >= 15 is 0 Å². The first-order chi connectivity index (χ1) is 7.12. The summed E-state index contributed by atoms with van der Waals surface area (Å²) in [6, 6.07) is 6.57. The van der Waals surface area contributed by atoms with Crippen molar-refractivity contribution in [3.8, 4) is 0 Å². The maximum atomic E-state index is 12.7. The molecule has 0 spiro atoms. The SMILES string of the molecule is NC(N)=NCC1(c2ccc(F)cc2)CC1. The Morgan fingerprint density at radius 3 is 2.33 bits per heavy atom. The monoisotopic (exact) mass is 207 g/mol. The van der Waals surface area contributed by atoms with Gasteiger partial charge in [-0.3, -0.25) is 4.99 Å². The van der Waals surface area contributed by atoms with Gasteiger partial charge >= 0.3 is 0 Å². The summed E-state index contributed by atoms with van der Waals surface area (Å²) in [6.45, 7) is 0.598. The van der Waals surface area contributed by atoms with Crippen LogP contribution in [0.25, 0.3) is 0 Å². The van der Waals surface area contributed by atoms with Gasteiger partial charge in [-0.2, -0.15) is 0 Å². The lowest BCUT2D eigenvalue weighted by Crippen LogP contribution is -2.25. The molecule has 0 saturated heterocycles. The van der Waals surface area contributed by atoms with Gasteiger partial charge in [0.25, 0.3) is 0 Å². The molecule has 3 nitrogen and oxygen atoms in total. The predicted octanol–water partition coefficient (Wildman–Crippen LogP) is 1.13. The molecule has 4 N–H and O–H groups in total. The molecule has 4 heteroatoms. The molecule has 1 aliphatic carbocycles. The number of guanidine groups is 1. The smallest absolute Gasteiger partial charge is 0.185 e. The molecule has 0 amide bonds. The first-order valence-corrected chi connectivity index (χ1v) is 4.94. The van der Waals surface area contributed by atoms with Gasteiger partial charge in [-0.1, -0.05) is 12.1 Å². The van der Waals surface area contributed by atoms with Crippen molar-refractivity contribution in [1.29, 1.82) is 0 Å². The lowest BCUT2D eigenvalue weighted by Gasteiger charge is -2.12. The molecule has 2 rings (SSSR count). The maximum Gasteiger partial charge on any atom is 0.185 e. The van der Waals surface area contributed by atoms with Crippen molar-refractivity contribution >= 4 is 5.96 Å². The van der Waals surface area contributed by atoms with E-state index in [1.54, 1.807) is 0 Å². The molecule has 1 saturated carbocycles. The molecule has 1 aromatic rings. The molecule has 1 aromatic carbocycles. The number of nitrogens with zero attached hydrogens (tertiary/aromatic N) is 1. The first kappa shape index (κ1) is 9.96. The van der Waals surface area contributed by atoms with Crippen LogP contribution in [0, 0.1) is 5.82 Å². The summed E-state index contributed by atoms with van der Waals surface area (Å²) in [5.41, 5.74) is 11.8. The first-order valence-electron chi connectivity index (χ1n) is 4.94. The van der Waals surface area contributed by atoms with Crippen molar-refractivity contribution < 1.29 is 4.39 Å². The van der Waals surface area contributed by atoms with Crippen LogP contribution in [0.4, 0.5) is 4.39 Å². The topological polar surface area (TPSA) is 64.4 Å². The molecule has 0 unspecified atom stereocenters. The highest BCUT2D eigenvalue weighted by atomic mass is 19.1. The van der Waals surface area contributed by atoms with E-state index in [2.05, 4.69) is 4.99 Å². The highest BCUT2D eigenvalue weighted by Gasteiger charge is 2.43. The van der Waals surface area contributed by atoms with Gasteiger partial charge in [-0.15, -0.1) is 0 Å². The van der Waals surface area contributed by atoms with Crippen molar-refractivity contribution in [2.45, 2.75) is 18.3 Å². The Morgan fingerprint density at radius 2 is 1.87 bits per heavy atom. The van der Waals surface area contributed by atoms with Gasteiger partial charge in [-0.25, -0.2) is 4.39 Å². The van der Waals surface area contributed by atoms with E-state index in [0.717, 1.165) is 18.4 Å². The molecule has 0 heterocycles. The van der Waals surface area contributed by atoms with Gasteiger partial charge < -0.3 is 11.5 Å². The summed E-state index contributed by atoms with van der Waals surface area (Å²) >= 11 is 0. The van der Waals surface area contributed by atoms with E-state index in [-0.39, 0.29) is 17.2 Å². The van der Waals surface area contributed by atoms with Crippen LogP contribution in [-0.4, -0.2) is 12.5 Å². The van der Waals surface area contributed by atoms with Gasteiger partial charge in [0, 0.05) is 5.41 Å². The molecule has 0 radical (unpaired) electrons. The second-order valence-electron chi connectivity index (χ2n) is 4.03. The summed E-state index contributed by atoms with van der Waals surface area (Å²) in [7, 11) is 0. The van der Waals surface area contributed by atoms with E-state index in [0.29, 0.717) is 6.54 Å². The minimum atomic E-state index is -0.212. The predicted molar refractivity (Wildman–Crippen MR) is 58.0 cm³/mol. The molecular formula is C11H14FN3. The van der Waals surface area contributed by atoms with Gasteiger partial charge in [0.2, 0.25) is 0 Å². The highest BCUT2D eigenvalue weighted by molar-refractivity contribution is 5.75. The normalized spacial score (nSPS) is 17.1. The van der Waals surface area contributed by atoms with Crippen LogP contribution in [0.2, 0.25) is 0 Å². The van der Waals surface area contributed by atoms with Gasteiger partial charge in [-0.05, 0) is 30.5 Å². The third-order valence-electron chi connectivity index (χ3n) is 2.87. The van der Waals surface area contributed by atoms with Crippen LogP contribution in [0.3, 0.4) is 0 Å². The number of hydrogen-bond donors (Lipinski definition) is 2. The van der Waals surface area contributed by atoms with Crippen molar-refractivity contribution in [3.05, 3.63) is 35.6 Å². The Bertz CT molecular complexity index is 375. The van der Waals surface area contributed by atoms with Crippen molar-refractivity contribution in [2.24, 2.45) is 16.5 Å². The molecule has 0 aliphatic heterocycles. The van der Waals surface area contributed by atoms with Gasteiger partial charge in [0.05, 0.1) is 6.54 Å². The number of hydrogen-bond acceptors (Lipinski definition) is 1. The number of aliphatic imine (C=N–C) groups is 1. The van der Waals surface area contributed by atoms with Crippen LogP contribution in [0.1, 0.15) is 18.4 Å². The maximum absolute atomic E-state index is 12.7. The van der Waals surface area contributed by atoms with Crippen LogP contribution in [-0.2, 0) is 5.41 Å². The van der Waals surface area contributed by atoms with E-state index in [1.807, 2.05) is 12.1 Å². The second-order valence-corrected chi connectivity index (χ2v) is 4.03. The van der Waals surface area contributed by atoms with Crippen molar-refractivity contribution in [3.63, 3.8) is 0 Å². The molecule has 1 aliphatic rings. The summed E-state index contributed by atoms with van der Waals surface area (Å²) in [5.74, 6) is -0.0974. The fourth-order valence-corrected chi connectivity index (χ4v) is 1.74. The minimum absolute atomic E-state index is 0.0533. The van der Waals surface area contributed by atoms with E-state index < -0.39 is 0 Å². The quantitative estimate of drug-likeness (QED) is 0.576. The van der Waals surface area contributed by atoms with Crippen LogP contribution < -0.4 is 11.5 Å². The summed E-state index contributed by atoms with van der Waals surface area (Å²) in [6.07, 6.45) is 2.13.